The van der Waals surface area contributed by atoms with E-state index in [0.29, 0.717) is 22.6 Å². The molecule has 1 saturated carbocycles. The van der Waals surface area contributed by atoms with Gasteiger partial charge in [0.1, 0.15) is 5.82 Å². The second kappa shape index (κ2) is 3.93. The van der Waals surface area contributed by atoms with E-state index in [1.54, 1.807) is 0 Å². The fourth-order valence-electron chi connectivity index (χ4n) is 2.58. The average Bonchev–Trinajstić information content (AvgIpc) is 2.67. The highest BCUT2D eigenvalue weighted by Crippen LogP contribution is 2.68. The van der Waals surface area contributed by atoms with Gasteiger partial charge in [0, 0.05) is 6.54 Å². The third-order valence-electron chi connectivity index (χ3n) is 4.68. The van der Waals surface area contributed by atoms with Gasteiger partial charge in [-0.15, -0.1) is 0 Å². The first kappa shape index (κ1) is 12.8. The Kier molecular flexibility index (Phi) is 2.80. The van der Waals surface area contributed by atoms with E-state index in [-0.39, 0.29) is 5.69 Å². The molecule has 1 heterocycles. The van der Waals surface area contributed by atoms with Crippen molar-refractivity contribution in [2.24, 2.45) is 16.7 Å². The summed E-state index contributed by atoms with van der Waals surface area (Å²) < 4.78 is 0. The molecule has 1 aliphatic rings. The summed E-state index contributed by atoms with van der Waals surface area (Å²) in [5, 5.41) is 11.9. The van der Waals surface area contributed by atoms with E-state index < -0.39 is 5.97 Å². The van der Waals surface area contributed by atoms with Gasteiger partial charge >= 0.3 is 5.97 Å². The van der Waals surface area contributed by atoms with Gasteiger partial charge in [-0.2, -0.15) is 0 Å². The molecule has 1 fully saturated rings. The zero-order valence-electron chi connectivity index (χ0n) is 11.2. The Hall–Kier alpha value is -1.65. The van der Waals surface area contributed by atoms with Gasteiger partial charge in [-0.05, 0) is 16.7 Å². The highest BCUT2D eigenvalue weighted by Gasteiger charge is 2.64. The number of hydrogen-bond acceptors (Lipinski definition) is 4. The Morgan fingerprint density at radius 1 is 1.28 bits per heavy atom. The van der Waals surface area contributed by atoms with Crippen LogP contribution in [0.25, 0.3) is 0 Å². The van der Waals surface area contributed by atoms with Crippen molar-refractivity contribution >= 4 is 11.8 Å². The van der Waals surface area contributed by atoms with Crippen molar-refractivity contribution < 1.29 is 9.90 Å². The lowest BCUT2D eigenvalue weighted by Gasteiger charge is -2.06. The molecule has 0 aliphatic heterocycles. The molecule has 5 nitrogen and oxygen atoms in total. The number of carbonyl (C=O) groups is 1. The Bertz CT molecular complexity index is 452. The first-order chi connectivity index (χ1) is 8.26. The topological polar surface area (TPSA) is 75.1 Å². The molecule has 2 N–H and O–H groups in total. The van der Waals surface area contributed by atoms with Crippen LogP contribution < -0.4 is 5.32 Å². The molecule has 5 heteroatoms. The predicted octanol–water partition coefficient (Wildman–Crippen LogP) is 2.27. The number of nitrogens with one attached hydrogen (secondary N) is 1. The van der Waals surface area contributed by atoms with Crippen LogP contribution in [0.1, 0.15) is 38.2 Å². The number of hydrogen-bond donors (Lipinski definition) is 2. The third-order valence-corrected chi connectivity index (χ3v) is 4.68. The van der Waals surface area contributed by atoms with E-state index in [1.807, 2.05) is 0 Å². The minimum Gasteiger partial charge on any atom is -0.476 e. The minimum absolute atomic E-state index is 0.0346. The van der Waals surface area contributed by atoms with Gasteiger partial charge in [-0.1, -0.05) is 27.7 Å². The van der Waals surface area contributed by atoms with Crippen LogP contribution in [-0.4, -0.2) is 27.6 Å². The molecular formula is C13H19N3O2. The summed E-state index contributed by atoms with van der Waals surface area (Å²) in [5.74, 6) is 0.156. The van der Waals surface area contributed by atoms with Gasteiger partial charge < -0.3 is 10.4 Å². The van der Waals surface area contributed by atoms with Crippen molar-refractivity contribution in [2.75, 3.05) is 11.9 Å². The Balaban J connectivity index is 1.94. The molecule has 1 aromatic heterocycles. The monoisotopic (exact) mass is 249 g/mol. The zero-order chi connectivity index (χ0) is 13.6. The number of carboxylic acids is 1. The van der Waals surface area contributed by atoms with Gasteiger partial charge in [0.15, 0.2) is 5.69 Å². The largest absolute Gasteiger partial charge is 0.476 e. The van der Waals surface area contributed by atoms with E-state index in [1.165, 1.54) is 12.4 Å². The molecule has 0 bridgehead atoms. The Morgan fingerprint density at radius 3 is 2.28 bits per heavy atom. The maximum Gasteiger partial charge on any atom is 0.356 e. The van der Waals surface area contributed by atoms with Crippen LogP contribution in [0.4, 0.5) is 5.82 Å². The summed E-state index contributed by atoms with van der Waals surface area (Å²) >= 11 is 0. The number of aromatic nitrogens is 2. The second-order valence-electron chi connectivity index (χ2n) is 5.97. The summed E-state index contributed by atoms with van der Waals surface area (Å²) in [6, 6.07) is 0. The first-order valence-electron chi connectivity index (χ1n) is 6.06. The number of anilines is 1. The molecule has 1 aromatic rings. The lowest BCUT2D eigenvalue weighted by molar-refractivity contribution is 0.0690. The first-order valence-corrected chi connectivity index (χ1v) is 6.06. The molecule has 0 atom stereocenters. The van der Waals surface area contributed by atoms with Crippen LogP contribution in [0.3, 0.4) is 0 Å². The second-order valence-corrected chi connectivity index (χ2v) is 5.97. The summed E-state index contributed by atoms with van der Waals surface area (Å²) in [5.41, 5.74) is 0.621. The molecule has 1 aliphatic carbocycles. The zero-order valence-corrected chi connectivity index (χ0v) is 11.2. The summed E-state index contributed by atoms with van der Waals surface area (Å²) in [6.45, 7) is 9.88. The highest BCUT2D eigenvalue weighted by atomic mass is 16.4. The van der Waals surface area contributed by atoms with Gasteiger partial charge in [-0.25, -0.2) is 14.8 Å². The number of aromatic carboxylic acids is 1. The summed E-state index contributed by atoms with van der Waals surface area (Å²) in [4.78, 5) is 18.5. The Morgan fingerprint density at radius 2 is 1.89 bits per heavy atom. The number of rotatable bonds is 4. The molecule has 18 heavy (non-hydrogen) atoms. The van der Waals surface area contributed by atoms with Crippen LogP contribution in [0.5, 0.6) is 0 Å². The molecule has 0 amide bonds. The van der Waals surface area contributed by atoms with Crippen LogP contribution in [0, 0.1) is 16.7 Å². The molecule has 0 radical (unpaired) electrons. The van der Waals surface area contributed by atoms with Gasteiger partial charge in [0.2, 0.25) is 0 Å². The smallest absolute Gasteiger partial charge is 0.356 e. The molecule has 0 spiro atoms. The van der Waals surface area contributed by atoms with E-state index in [2.05, 4.69) is 43.0 Å². The lowest BCUT2D eigenvalue weighted by atomic mass is 10.0. The number of carboxylic acid groups (broad SMARTS) is 1. The van der Waals surface area contributed by atoms with Crippen molar-refractivity contribution in [2.45, 2.75) is 27.7 Å². The molecule has 0 saturated heterocycles. The third kappa shape index (κ3) is 1.94. The maximum atomic E-state index is 10.6. The van der Waals surface area contributed by atoms with Gasteiger partial charge in [0.05, 0.1) is 12.4 Å². The predicted molar refractivity (Wildman–Crippen MR) is 68.5 cm³/mol. The quantitative estimate of drug-likeness (QED) is 0.856. The lowest BCUT2D eigenvalue weighted by Crippen LogP contribution is -2.10. The molecular weight excluding hydrogens is 230 g/mol. The molecule has 0 unspecified atom stereocenters. The number of nitrogens with zero attached hydrogens (tertiary/aromatic N) is 2. The standard InChI is InChI=1S/C13H19N3O2/c1-12(2)9(13(12,3)4)6-16-10-7-14-8(5-15-10)11(17)18/h5,7,9H,6H2,1-4H3,(H,15,16)(H,17,18). The average molecular weight is 249 g/mol. The summed E-state index contributed by atoms with van der Waals surface area (Å²) in [6.07, 6.45) is 2.74. The highest BCUT2D eigenvalue weighted by molar-refractivity contribution is 5.84. The molecule has 2 rings (SSSR count). The van der Waals surface area contributed by atoms with Crippen molar-refractivity contribution in [3.8, 4) is 0 Å². The van der Waals surface area contributed by atoms with Gasteiger partial charge in [0.25, 0.3) is 0 Å². The fourth-order valence-corrected chi connectivity index (χ4v) is 2.58. The normalized spacial score (nSPS) is 20.4. The fraction of sp³-hybridized carbons (Fsp3) is 0.615. The van der Waals surface area contributed by atoms with Crippen molar-refractivity contribution in [3.63, 3.8) is 0 Å². The van der Waals surface area contributed by atoms with E-state index in [4.69, 9.17) is 5.11 Å². The van der Waals surface area contributed by atoms with Crippen molar-refractivity contribution in [1.82, 2.24) is 9.97 Å². The van der Waals surface area contributed by atoms with Crippen LogP contribution in [-0.2, 0) is 0 Å². The van der Waals surface area contributed by atoms with Crippen molar-refractivity contribution in [3.05, 3.63) is 18.1 Å². The van der Waals surface area contributed by atoms with Gasteiger partial charge in [-0.3, -0.25) is 0 Å². The maximum absolute atomic E-state index is 10.6. The summed E-state index contributed by atoms with van der Waals surface area (Å²) in [7, 11) is 0. The van der Waals surface area contributed by atoms with E-state index in [9.17, 15) is 4.79 Å². The SMILES string of the molecule is CC1(C)C(CNc2cnc(C(=O)O)cn2)C1(C)C. The van der Waals surface area contributed by atoms with E-state index in [0.717, 1.165) is 6.54 Å². The Labute approximate surface area is 107 Å². The molecule has 98 valence electrons. The van der Waals surface area contributed by atoms with E-state index >= 15 is 0 Å². The molecule has 0 aromatic carbocycles. The van der Waals surface area contributed by atoms with Crippen molar-refractivity contribution in [1.29, 1.82) is 0 Å². The van der Waals surface area contributed by atoms with Crippen LogP contribution in [0.15, 0.2) is 12.4 Å². The minimum atomic E-state index is -1.06. The van der Waals surface area contributed by atoms with Crippen LogP contribution in [0.2, 0.25) is 0 Å². The van der Waals surface area contributed by atoms with Crippen LogP contribution >= 0.6 is 0 Å².